The van der Waals surface area contributed by atoms with E-state index in [0.717, 1.165) is 19.6 Å². The van der Waals surface area contributed by atoms with Crippen LogP contribution < -0.4 is 10.6 Å². The molecule has 0 spiro atoms. The highest BCUT2D eigenvalue weighted by Gasteiger charge is 2.16. The lowest BCUT2D eigenvalue weighted by molar-refractivity contribution is -0.121. The number of hydrogen-bond acceptors (Lipinski definition) is 4. The van der Waals surface area contributed by atoms with E-state index in [2.05, 4.69) is 10.6 Å². The maximum Gasteiger partial charge on any atom is 0.234 e. The number of rotatable bonds is 5. The van der Waals surface area contributed by atoms with Crippen molar-refractivity contribution < 1.29 is 4.79 Å². The molecule has 5 heteroatoms. The molecule has 0 aromatic rings. The summed E-state index contributed by atoms with van der Waals surface area (Å²) in [5.74, 6) is 0.619. The largest absolute Gasteiger partial charge is 0.342 e. The van der Waals surface area contributed by atoms with Crippen LogP contribution in [0.3, 0.4) is 0 Å². The van der Waals surface area contributed by atoms with Gasteiger partial charge in [-0.05, 0) is 38.9 Å². The molecule has 0 bridgehead atoms. The summed E-state index contributed by atoms with van der Waals surface area (Å²) in [6.07, 6.45) is 2.37. The Labute approximate surface area is 96.8 Å². The SMILES string of the molecule is CN(CC(=O)NCC#N)CC1CCNCC1. The zero-order valence-corrected chi connectivity index (χ0v) is 9.83. The van der Waals surface area contributed by atoms with Crippen LogP contribution in [0.1, 0.15) is 12.8 Å². The van der Waals surface area contributed by atoms with Crippen molar-refractivity contribution in [2.24, 2.45) is 5.92 Å². The molecule has 1 aliphatic rings. The Morgan fingerprint density at radius 1 is 1.56 bits per heavy atom. The minimum absolute atomic E-state index is 0.0713. The topological polar surface area (TPSA) is 68.2 Å². The first-order chi connectivity index (χ1) is 7.72. The van der Waals surface area contributed by atoms with Gasteiger partial charge in [0.2, 0.25) is 5.91 Å². The molecule has 1 rings (SSSR count). The lowest BCUT2D eigenvalue weighted by atomic mass is 9.98. The number of amides is 1. The van der Waals surface area contributed by atoms with Crippen molar-refractivity contribution in [1.29, 1.82) is 5.26 Å². The highest BCUT2D eigenvalue weighted by molar-refractivity contribution is 5.78. The Balaban J connectivity index is 2.16. The van der Waals surface area contributed by atoms with Gasteiger partial charge in [-0.3, -0.25) is 9.69 Å². The molecule has 16 heavy (non-hydrogen) atoms. The van der Waals surface area contributed by atoms with Crippen molar-refractivity contribution in [1.82, 2.24) is 15.5 Å². The zero-order chi connectivity index (χ0) is 11.8. The van der Waals surface area contributed by atoms with Gasteiger partial charge in [-0.25, -0.2) is 0 Å². The molecule has 1 aliphatic heterocycles. The van der Waals surface area contributed by atoms with Crippen molar-refractivity contribution in [2.45, 2.75) is 12.8 Å². The number of carbonyl (C=O) groups is 1. The van der Waals surface area contributed by atoms with E-state index >= 15 is 0 Å². The third-order valence-corrected chi connectivity index (χ3v) is 2.81. The molecule has 0 saturated carbocycles. The molecule has 90 valence electrons. The van der Waals surface area contributed by atoms with E-state index in [1.165, 1.54) is 12.8 Å². The number of nitriles is 1. The fraction of sp³-hybridized carbons (Fsp3) is 0.818. The minimum atomic E-state index is -0.0713. The number of piperidine rings is 1. The first kappa shape index (κ1) is 12.9. The minimum Gasteiger partial charge on any atom is -0.342 e. The van der Waals surface area contributed by atoms with E-state index in [0.29, 0.717) is 12.5 Å². The summed E-state index contributed by atoms with van der Waals surface area (Å²) in [4.78, 5) is 13.4. The van der Waals surface area contributed by atoms with Crippen molar-refractivity contribution in [3.63, 3.8) is 0 Å². The quantitative estimate of drug-likeness (QED) is 0.621. The summed E-state index contributed by atoms with van der Waals surface area (Å²) in [7, 11) is 1.95. The van der Waals surface area contributed by atoms with Crippen molar-refractivity contribution in [3.05, 3.63) is 0 Å². The molecule has 0 aromatic carbocycles. The van der Waals surface area contributed by atoms with Gasteiger partial charge < -0.3 is 10.6 Å². The normalized spacial score (nSPS) is 17.1. The summed E-state index contributed by atoms with van der Waals surface area (Å²) in [6, 6.07) is 1.89. The summed E-state index contributed by atoms with van der Waals surface area (Å²) >= 11 is 0. The summed E-state index contributed by atoms with van der Waals surface area (Å²) in [5.41, 5.74) is 0. The van der Waals surface area contributed by atoms with Crippen LogP contribution in [-0.4, -0.2) is 50.6 Å². The number of hydrogen-bond donors (Lipinski definition) is 2. The Kier molecular flexibility index (Phi) is 5.83. The van der Waals surface area contributed by atoms with Crippen molar-refractivity contribution in [3.8, 4) is 6.07 Å². The second-order valence-corrected chi connectivity index (χ2v) is 4.32. The highest BCUT2D eigenvalue weighted by Crippen LogP contribution is 2.12. The van der Waals surface area contributed by atoms with Gasteiger partial charge in [-0.2, -0.15) is 5.26 Å². The maximum absolute atomic E-state index is 11.3. The van der Waals surface area contributed by atoms with Crippen LogP contribution in [0.2, 0.25) is 0 Å². The van der Waals surface area contributed by atoms with Crippen molar-refractivity contribution in [2.75, 3.05) is 39.8 Å². The smallest absolute Gasteiger partial charge is 0.234 e. The van der Waals surface area contributed by atoms with Gasteiger partial charge in [0.25, 0.3) is 0 Å². The van der Waals surface area contributed by atoms with Gasteiger partial charge in [0.15, 0.2) is 0 Å². The molecular formula is C11H20N4O. The zero-order valence-electron chi connectivity index (χ0n) is 9.83. The molecule has 0 unspecified atom stereocenters. The van der Waals surface area contributed by atoms with Crippen LogP contribution in [0.25, 0.3) is 0 Å². The number of carbonyl (C=O) groups excluding carboxylic acids is 1. The number of nitrogens with zero attached hydrogens (tertiary/aromatic N) is 2. The predicted octanol–water partition coefficient (Wildman–Crippen LogP) is -0.442. The molecule has 5 nitrogen and oxygen atoms in total. The lowest BCUT2D eigenvalue weighted by Gasteiger charge is -2.27. The Bertz CT molecular complexity index is 255. The predicted molar refractivity (Wildman–Crippen MR) is 61.7 cm³/mol. The summed E-state index contributed by atoms with van der Waals surface area (Å²) in [5, 5.41) is 14.2. The molecule has 1 heterocycles. The fourth-order valence-corrected chi connectivity index (χ4v) is 2.01. The molecule has 0 aliphatic carbocycles. The van der Waals surface area contributed by atoms with Crippen LogP contribution in [0.5, 0.6) is 0 Å². The average molecular weight is 224 g/mol. The summed E-state index contributed by atoms with van der Waals surface area (Å²) in [6.45, 7) is 3.60. The molecule has 2 N–H and O–H groups in total. The number of nitrogens with one attached hydrogen (secondary N) is 2. The van der Waals surface area contributed by atoms with Crippen LogP contribution in [0.15, 0.2) is 0 Å². The van der Waals surface area contributed by atoms with E-state index in [-0.39, 0.29) is 12.5 Å². The van der Waals surface area contributed by atoms with Crippen molar-refractivity contribution >= 4 is 5.91 Å². The van der Waals surface area contributed by atoms with E-state index in [4.69, 9.17) is 5.26 Å². The summed E-state index contributed by atoms with van der Waals surface area (Å²) < 4.78 is 0. The van der Waals surface area contributed by atoms with E-state index < -0.39 is 0 Å². The molecule has 0 aromatic heterocycles. The molecule has 1 saturated heterocycles. The molecular weight excluding hydrogens is 204 g/mol. The van der Waals surface area contributed by atoms with Gasteiger partial charge in [-0.1, -0.05) is 0 Å². The lowest BCUT2D eigenvalue weighted by Crippen LogP contribution is -2.39. The maximum atomic E-state index is 11.3. The Morgan fingerprint density at radius 3 is 2.88 bits per heavy atom. The first-order valence-electron chi connectivity index (χ1n) is 5.75. The van der Waals surface area contributed by atoms with Gasteiger partial charge >= 0.3 is 0 Å². The molecule has 0 atom stereocenters. The van der Waals surface area contributed by atoms with Crippen LogP contribution >= 0.6 is 0 Å². The third kappa shape index (κ3) is 5.10. The first-order valence-corrected chi connectivity index (χ1v) is 5.75. The number of likely N-dealkylation sites (N-methyl/N-ethyl adjacent to an activating group) is 1. The van der Waals surface area contributed by atoms with Gasteiger partial charge in [0.05, 0.1) is 12.6 Å². The van der Waals surface area contributed by atoms with Gasteiger partial charge in [0, 0.05) is 6.54 Å². The Hall–Kier alpha value is -1.12. The van der Waals surface area contributed by atoms with E-state index in [9.17, 15) is 4.79 Å². The van der Waals surface area contributed by atoms with E-state index in [1.807, 2.05) is 18.0 Å². The van der Waals surface area contributed by atoms with Gasteiger partial charge in [0.1, 0.15) is 6.54 Å². The van der Waals surface area contributed by atoms with Crippen LogP contribution in [0, 0.1) is 17.2 Å². The second kappa shape index (κ2) is 7.20. The third-order valence-electron chi connectivity index (χ3n) is 2.81. The molecule has 1 fully saturated rings. The molecule has 0 radical (unpaired) electrons. The molecule has 1 amide bonds. The van der Waals surface area contributed by atoms with E-state index in [1.54, 1.807) is 0 Å². The second-order valence-electron chi connectivity index (χ2n) is 4.32. The average Bonchev–Trinajstić information content (AvgIpc) is 2.27. The monoisotopic (exact) mass is 224 g/mol. The van der Waals surface area contributed by atoms with Gasteiger partial charge in [-0.15, -0.1) is 0 Å². The van der Waals surface area contributed by atoms with Crippen LogP contribution in [0.4, 0.5) is 0 Å². The highest BCUT2D eigenvalue weighted by atomic mass is 16.2. The van der Waals surface area contributed by atoms with Crippen LogP contribution in [-0.2, 0) is 4.79 Å². The fourth-order valence-electron chi connectivity index (χ4n) is 2.01. The standard InChI is InChI=1S/C11H20N4O/c1-15(9-11(16)14-7-4-12)8-10-2-5-13-6-3-10/h10,13H,2-3,5-9H2,1H3,(H,14,16). The Morgan fingerprint density at radius 2 is 2.25 bits per heavy atom.